The average Bonchev–Trinajstić information content (AvgIpc) is 2.83. The summed E-state index contributed by atoms with van der Waals surface area (Å²) in [7, 11) is -3.99. The minimum absolute atomic E-state index is 0.197. The molecule has 0 bridgehead atoms. The molecule has 0 fully saturated rings. The highest BCUT2D eigenvalue weighted by molar-refractivity contribution is 7.93. The van der Waals surface area contributed by atoms with E-state index >= 15 is 0 Å². The second-order valence-corrected chi connectivity index (χ2v) is 8.77. The van der Waals surface area contributed by atoms with Gasteiger partial charge in [-0.05, 0) is 48.9 Å². The molecular formula is C16H17FN2O3S2. The quantitative estimate of drug-likeness (QED) is 0.869. The van der Waals surface area contributed by atoms with Gasteiger partial charge in [0.2, 0.25) is 0 Å². The van der Waals surface area contributed by atoms with E-state index in [-0.39, 0.29) is 15.5 Å². The van der Waals surface area contributed by atoms with E-state index < -0.39 is 21.7 Å². The molecule has 1 aliphatic rings. The fourth-order valence-electron chi connectivity index (χ4n) is 2.90. The van der Waals surface area contributed by atoms with Crippen LogP contribution >= 0.6 is 11.3 Å². The van der Waals surface area contributed by atoms with Gasteiger partial charge in [-0.2, -0.15) is 0 Å². The number of anilines is 1. The van der Waals surface area contributed by atoms with Crippen molar-refractivity contribution in [2.45, 2.75) is 31.1 Å². The van der Waals surface area contributed by atoms with E-state index in [1.165, 1.54) is 29.5 Å². The van der Waals surface area contributed by atoms with Crippen LogP contribution in [0.4, 0.5) is 9.39 Å². The van der Waals surface area contributed by atoms with Crippen molar-refractivity contribution in [1.82, 2.24) is 0 Å². The summed E-state index contributed by atoms with van der Waals surface area (Å²) in [6, 6.07) is 4.71. The summed E-state index contributed by atoms with van der Waals surface area (Å²) in [6.45, 7) is 2.11. The summed E-state index contributed by atoms with van der Waals surface area (Å²) < 4.78 is 40.7. The lowest BCUT2D eigenvalue weighted by molar-refractivity contribution is 0.100. The number of carbonyl (C=O) groups excluding carboxylic acids is 1. The van der Waals surface area contributed by atoms with Crippen LogP contribution in [0.3, 0.4) is 0 Å². The first-order valence-electron chi connectivity index (χ1n) is 7.50. The summed E-state index contributed by atoms with van der Waals surface area (Å²) in [5.74, 6) is -0.823. The molecule has 128 valence electrons. The Labute approximate surface area is 143 Å². The molecule has 2 aromatic rings. The van der Waals surface area contributed by atoms with Gasteiger partial charge in [0.1, 0.15) is 10.8 Å². The number of halogens is 1. The first-order valence-corrected chi connectivity index (χ1v) is 9.80. The second kappa shape index (κ2) is 6.18. The van der Waals surface area contributed by atoms with E-state index in [0.29, 0.717) is 12.3 Å². The predicted molar refractivity (Wildman–Crippen MR) is 91.2 cm³/mol. The molecule has 0 radical (unpaired) electrons. The number of nitrogens with one attached hydrogen (secondary N) is 1. The molecule has 0 spiro atoms. The van der Waals surface area contributed by atoms with Gasteiger partial charge in [0.05, 0.1) is 10.5 Å². The third-order valence-electron chi connectivity index (χ3n) is 4.09. The van der Waals surface area contributed by atoms with Crippen molar-refractivity contribution < 1.29 is 17.6 Å². The molecule has 0 saturated heterocycles. The van der Waals surface area contributed by atoms with Gasteiger partial charge in [-0.3, -0.25) is 9.52 Å². The highest BCUT2D eigenvalue weighted by atomic mass is 32.2. The lowest BCUT2D eigenvalue weighted by atomic mass is 9.88. The summed E-state index contributed by atoms with van der Waals surface area (Å²) in [6.07, 6.45) is 2.43. The van der Waals surface area contributed by atoms with Gasteiger partial charge >= 0.3 is 0 Å². The van der Waals surface area contributed by atoms with Gasteiger partial charge in [-0.15, -0.1) is 11.3 Å². The van der Waals surface area contributed by atoms with Crippen molar-refractivity contribution in [2.24, 2.45) is 11.7 Å². The third-order valence-corrected chi connectivity index (χ3v) is 6.74. The first kappa shape index (κ1) is 16.9. The number of primary amides is 1. The van der Waals surface area contributed by atoms with Crippen LogP contribution in [0.2, 0.25) is 0 Å². The molecule has 24 heavy (non-hydrogen) atoms. The molecule has 1 aromatic heterocycles. The van der Waals surface area contributed by atoms with Gasteiger partial charge in [-0.25, -0.2) is 12.8 Å². The van der Waals surface area contributed by atoms with Gasteiger partial charge in [0, 0.05) is 4.88 Å². The zero-order valence-corrected chi connectivity index (χ0v) is 14.6. The van der Waals surface area contributed by atoms with Crippen LogP contribution in [0.15, 0.2) is 29.2 Å². The fourth-order valence-corrected chi connectivity index (χ4v) is 5.65. The maximum absolute atomic E-state index is 13.3. The molecule has 1 heterocycles. The lowest BCUT2D eigenvalue weighted by Crippen LogP contribution is -2.19. The number of hydrogen-bond acceptors (Lipinski definition) is 4. The van der Waals surface area contributed by atoms with Crippen LogP contribution in [0, 0.1) is 11.7 Å². The Morgan fingerprint density at radius 2 is 2.17 bits per heavy atom. The predicted octanol–water partition coefficient (Wildman–Crippen LogP) is 2.91. The van der Waals surface area contributed by atoms with E-state index in [1.807, 2.05) is 0 Å². The van der Waals surface area contributed by atoms with Crippen molar-refractivity contribution in [2.75, 3.05) is 4.72 Å². The minimum atomic E-state index is -3.99. The summed E-state index contributed by atoms with van der Waals surface area (Å²) >= 11 is 1.23. The standard InChI is InChI=1S/C16H17FN2O3S2/c1-9-5-6-12-13(7-9)23-16(14(12)15(18)20)19-24(21,22)11-4-2-3-10(17)8-11/h2-4,8-9,19H,5-7H2,1H3,(H2,18,20). The van der Waals surface area contributed by atoms with Gasteiger partial charge in [-0.1, -0.05) is 13.0 Å². The molecule has 8 heteroatoms. The number of thiophene rings is 1. The maximum atomic E-state index is 13.3. The van der Waals surface area contributed by atoms with Gasteiger partial charge < -0.3 is 5.73 Å². The number of fused-ring (bicyclic) bond motifs is 1. The number of rotatable bonds is 4. The van der Waals surface area contributed by atoms with E-state index in [2.05, 4.69) is 11.6 Å². The van der Waals surface area contributed by atoms with E-state index in [9.17, 15) is 17.6 Å². The smallest absolute Gasteiger partial charge is 0.262 e. The highest BCUT2D eigenvalue weighted by Crippen LogP contribution is 2.40. The summed E-state index contributed by atoms with van der Waals surface area (Å²) in [5, 5.41) is 0.214. The molecule has 1 atom stereocenters. The molecule has 0 aliphatic heterocycles. The molecule has 1 amide bonds. The monoisotopic (exact) mass is 368 g/mol. The molecule has 3 rings (SSSR count). The van der Waals surface area contributed by atoms with Crippen LogP contribution < -0.4 is 10.5 Å². The first-order chi connectivity index (χ1) is 11.3. The van der Waals surface area contributed by atoms with Crippen LogP contribution in [0.25, 0.3) is 0 Å². The number of nitrogens with two attached hydrogens (primary N) is 1. The number of carbonyl (C=O) groups is 1. The fraction of sp³-hybridized carbons (Fsp3) is 0.312. The van der Waals surface area contributed by atoms with Crippen LogP contribution in [0.5, 0.6) is 0 Å². The molecule has 1 aliphatic carbocycles. The molecule has 3 N–H and O–H groups in total. The number of benzene rings is 1. The number of hydrogen-bond donors (Lipinski definition) is 2. The molecule has 1 unspecified atom stereocenters. The SMILES string of the molecule is CC1CCc2c(sc(NS(=O)(=O)c3cccc(F)c3)c2C(N)=O)C1. The number of amides is 1. The van der Waals surface area contributed by atoms with Crippen LogP contribution in [-0.2, 0) is 22.9 Å². The van der Waals surface area contributed by atoms with Crippen molar-refractivity contribution in [3.63, 3.8) is 0 Å². The zero-order chi connectivity index (χ0) is 17.5. The number of sulfonamides is 1. The minimum Gasteiger partial charge on any atom is -0.365 e. The van der Waals surface area contributed by atoms with Crippen LogP contribution in [0.1, 0.15) is 34.1 Å². The Bertz CT molecular complexity index is 906. The van der Waals surface area contributed by atoms with Crippen molar-refractivity contribution in [3.05, 3.63) is 46.1 Å². The van der Waals surface area contributed by atoms with Crippen molar-refractivity contribution in [3.8, 4) is 0 Å². The topological polar surface area (TPSA) is 89.3 Å². The molecule has 1 aromatic carbocycles. The van der Waals surface area contributed by atoms with Crippen molar-refractivity contribution >= 4 is 32.3 Å². The van der Waals surface area contributed by atoms with E-state index in [4.69, 9.17) is 5.73 Å². The summed E-state index contributed by atoms with van der Waals surface area (Å²) in [5.41, 5.74) is 6.55. The summed E-state index contributed by atoms with van der Waals surface area (Å²) in [4.78, 5) is 12.6. The molecular weight excluding hydrogens is 351 g/mol. The Balaban J connectivity index is 2.02. The largest absolute Gasteiger partial charge is 0.365 e. The van der Waals surface area contributed by atoms with E-state index in [0.717, 1.165) is 29.3 Å². The lowest BCUT2D eigenvalue weighted by Gasteiger charge is -2.18. The highest BCUT2D eigenvalue weighted by Gasteiger charge is 2.28. The Kier molecular flexibility index (Phi) is 4.35. The Morgan fingerprint density at radius 1 is 1.42 bits per heavy atom. The van der Waals surface area contributed by atoms with E-state index in [1.54, 1.807) is 0 Å². The maximum Gasteiger partial charge on any atom is 0.262 e. The second-order valence-electron chi connectivity index (χ2n) is 5.98. The Hall–Kier alpha value is -1.93. The normalized spacial score (nSPS) is 17.3. The molecule has 0 saturated carbocycles. The van der Waals surface area contributed by atoms with Gasteiger partial charge in [0.15, 0.2) is 0 Å². The third kappa shape index (κ3) is 3.16. The van der Waals surface area contributed by atoms with Crippen molar-refractivity contribution in [1.29, 1.82) is 0 Å². The zero-order valence-electron chi connectivity index (χ0n) is 13.0. The van der Waals surface area contributed by atoms with Gasteiger partial charge in [0.25, 0.3) is 15.9 Å². The average molecular weight is 368 g/mol. The molecule has 5 nitrogen and oxygen atoms in total. The van der Waals surface area contributed by atoms with Crippen LogP contribution in [-0.4, -0.2) is 14.3 Å². The Morgan fingerprint density at radius 3 is 2.83 bits per heavy atom.